The van der Waals surface area contributed by atoms with E-state index in [1.807, 2.05) is 6.26 Å². The van der Waals surface area contributed by atoms with Gasteiger partial charge in [0.1, 0.15) is 18.1 Å². The first kappa shape index (κ1) is 33.6. The molecule has 0 amide bonds. The third-order valence-corrected chi connectivity index (χ3v) is 3.02. The fourth-order valence-electron chi connectivity index (χ4n) is 0.830. The lowest BCUT2D eigenvalue weighted by atomic mass is 10.2. The standard InChI is InChI=1S/C5H12N2O2.C5H11NO2S.C3H7NO2.C2H4O2/c6-3-1-2-4(7)5(8)9;1-9-3-2-4(6)5(7)8;1-2(4)3(5)6;1-2(3)4/h4H,1-3,6-7H2,(H,8,9);4H,2-3,6H2,1H3,(H,7,8);2H,4H2,1H3,(H,5,6);1H3,(H,3,4). The van der Waals surface area contributed by atoms with E-state index in [0.29, 0.717) is 25.8 Å². The summed E-state index contributed by atoms with van der Waals surface area (Å²) < 4.78 is 0. The third kappa shape index (κ3) is 39.2. The number of aliphatic carboxylic acids is 4. The average molecular weight is 431 g/mol. The summed E-state index contributed by atoms with van der Waals surface area (Å²) in [5.74, 6) is -2.85. The topological polar surface area (TPSA) is 253 Å². The molecule has 12 nitrogen and oxygen atoms in total. The maximum Gasteiger partial charge on any atom is 0.320 e. The maximum absolute atomic E-state index is 10.1. The van der Waals surface area contributed by atoms with E-state index in [1.165, 1.54) is 6.92 Å². The molecule has 0 aliphatic carbocycles. The van der Waals surface area contributed by atoms with E-state index < -0.39 is 42.0 Å². The molecule has 12 N–H and O–H groups in total. The maximum atomic E-state index is 10.1. The monoisotopic (exact) mass is 430 g/mol. The van der Waals surface area contributed by atoms with Crippen LogP contribution in [0.15, 0.2) is 0 Å². The van der Waals surface area contributed by atoms with Gasteiger partial charge < -0.3 is 43.4 Å². The van der Waals surface area contributed by atoms with Crippen LogP contribution >= 0.6 is 11.8 Å². The number of thioether (sulfide) groups is 1. The highest BCUT2D eigenvalue weighted by Gasteiger charge is 2.09. The van der Waals surface area contributed by atoms with Gasteiger partial charge in [0.2, 0.25) is 0 Å². The first-order valence-electron chi connectivity index (χ1n) is 8.08. The number of carboxylic acid groups (broad SMARTS) is 4. The van der Waals surface area contributed by atoms with Crippen LogP contribution in [0.1, 0.15) is 33.1 Å². The molecule has 0 rings (SSSR count). The molecule has 0 aromatic rings. The molecule has 0 fully saturated rings. The predicted molar refractivity (Wildman–Crippen MR) is 107 cm³/mol. The van der Waals surface area contributed by atoms with E-state index in [0.717, 1.165) is 12.7 Å². The molecule has 0 spiro atoms. The molecule has 0 radical (unpaired) electrons. The van der Waals surface area contributed by atoms with Crippen molar-refractivity contribution in [2.24, 2.45) is 22.9 Å². The van der Waals surface area contributed by atoms with Gasteiger partial charge in [-0.2, -0.15) is 11.8 Å². The Morgan fingerprint density at radius 3 is 1.39 bits per heavy atom. The average Bonchev–Trinajstić information content (AvgIpc) is 2.57. The van der Waals surface area contributed by atoms with Crippen molar-refractivity contribution in [1.29, 1.82) is 0 Å². The number of hydrogen-bond acceptors (Lipinski definition) is 9. The van der Waals surface area contributed by atoms with E-state index in [2.05, 4.69) is 0 Å². The number of carboxylic acids is 4. The summed E-state index contributed by atoms with van der Waals surface area (Å²) in [4.78, 5) is 38.7. The Hall–Kier alpha value is -1.93. The molecular formula is C15H34N4O8S. The summed E-state index contributed by atoms with van der Waals surface area (Å²) in [6, 6.07) is -2.16. The summed E-state index contributed by atoms with van der Waals surface area (Å²) in [6.07, 6.45) is 3.62. The Kier molecular flexibility index (Phi) is 27.8. The summed E-state index contributed by atoms with van der Waals surface area (Å²) in [7, 11) is 0. The molecule has 0 aromatic heterocycles. The second kappa shape index (κ2) is 23.1. The number of nitrogens with two attached hydrogens (primary N) is 4. The quantitative estimate of drug-likeness (QED) is 0.214. The lowest BCUT2D eigenvalue weighted by Gasteiger charge is -2.02. The Morgan fingerprint density at radius 1 is 0.857 bits per heavy atom. The van der Waals surface area contributed by atoms with Crippen LogP contribution in [-0.2, 0) is 19.2 Å². The number of rotatable bonds is 9. The molecule has 13 heteroatoms. The van der Waals surface area contributed by atoms with Gasteiger partial charge >= 0.3 is 17.9 Å². The molecule has 0 aliphatic rings. The first-order valence-corrected chi connectivity index (χ1v) is 9.47. The predicted octanol–water partition coefficient (Wildman–Crippen LogP) is -1.20. The number of hydrogen-bond donors (Lipinski definition) is 8. The van der Waals surface area contributed by atoms with Crippen LogP contribution in [0.2, 0.25) is 0 Å². The fourth-order valence-corrected chi connectivity index (χ4v) is 1.32. The van der Waals surface area contributed by atoms with E-state index in [4.69, 9.17) is 48.2 Å². The van der Waals surface area contributed by atoms with E-state index in [1.54, 1.807) is 11.8 Å². The molecular weight excluding hydrogens is 396 g/mol. The van der Waals surface area contributed by atoms with Gasteiger partial charge in [0.15, 0.2) is 0 Å². The minimum atomic E-state index is -0.963. The van der Waals surface area contributed by atoms with Gasteiger partial charge in [-0.15, -0.1) is 0 Å². The van der Waals surface area contributed by atoms with Gasteiger partial charge in [0, 0.05) is 6.92 Å². The van der Waals surface area contributed by atoms with Gasteiger partial charge in [0.05, 0.1) is 0 Å². The van der Waals surface area contributed by atoms with Gasteiger partial charge in [-0.25, -0.2) is 0 Å². The molecule has 28 heavy (non-hydrogen) atoms. The molecule has 0 bridgehead atoms. The number of carbonyl (C=O) groups is 4. The van der Waals surface area contributed by atoms with Crippen LogP contribution in [0.4, 0.5) is 0 Å². The Bertz CT molecular complexity index is 410. The second-order valence-electron chi connectivity index (χ2n) is 5.25. The molecule has 0 heterocycles. The molecule has 3 unspecified atom stereocenters. The molecule has 168 valence electrons. The van der Waals surface area contributed by atoms with Crippen LogP contribution < -0.4 is 22.9 Å². The van der Waals surface area contributed by atoms with Crippen molar-refractivity contribution in [2.45, 2.75) is 51.2 Å². The third-order valence-electron chi connectivity index (χ3n) is 2.38. The Morgan fingerprint density at radius 2 is 1.18 bits per heavy atom. The van der Waals surface area contributed by atoms with Gasteiger partial charge in [-0.1, -0.05) is 0 Å². The molecule has 3 atom stereocenters. The van der Waals surface area contributed by atoms with Crippen LogP contribution in [-0.4, -0.2) is 81.0 Å². The first-order chi connectivity index (χ1) is 12.7. The van der Waals surface area contributed by atoms with Gasteiger partial charge in [0.25, 0.3) is 5.97 Å². The van der Waals surface area contributed by atoms with E-state index in [9.17, 15) is 14.4 Å². The lowest BCUT2D eigenvalue weighted by molar-refractivity contribution is -0.139. The zero-order valence-corrected chi connectivity index (χ0v) is 17.2. The van der Waals surface area contributed by atoms with Crippen molar-refractivity contribution in [3.05, 3.63) is 0 Å². The van der Waals surface area contributed by atoms with Crippen LogP contribution in [0.25, 0.3) is 0 Å². The van der Waals surface area contributed by atoms with E-state index >= 15 is 0 Å². The second-order valence-corrected chi connectivity index (χ2v) is 6.23. The zero-order chi connectivity index (χ0) is 23.3. The molecule has 0 saturated carbocycles. The fraction of sp³-hybridized carbons (Fsp3) is 0.733. The van der Waals surface area contributed by atoms with Crippen molar-refractivity contribution in [3.63, 3.8) is 0 Å². The van der Waals surface area contributed by atoms with Crippen LogP contribution in [0.5, 0.6) is 0 Å². The van der Waals surface area contributed by atoms with Gasteiger partial charge in [-0.05, 0) is 44.7 Å². The summed E-state index contributed by atoms with van der Waals surface area (Å²) in [5, 5.41) is 31.8. The van der Waals surface area contributed by atoms with Crippen LogP contribution in [0.3, 0.4) is 0 Å². The summed E-state index contributed by atoms with van der Waals surface area (Å²) in [6.45, 7) is 3.00. The molecule has 0 aromatic carbocycles. The molecule has 0 saturated heterocycles. The Labute approximate surface area is 168 Å². The smallest absolute Gasteiger partial charge is 0.320 e. The van der Waals surface area contributed by atoms with Crippen molar-refractivity contribution < 1.29 is 39.6 Å². The summed E-state index contributed by atoms with van der Waals surface area (Å²) in [5.41, 5.74) is 20.3. The lowest BCUT2D eigenvalue weighted by Crippen LogP contribution is -2.30. The normalized spacial score (nSPS) is 12.2. The SMILES string of the molecule is CC(=O)O.CC(N)C(=O)O.CSCCC(N)C(=O)O.NCCCC(N)C(=O)O. The van der Waals surface area contributed by atoms with Crippen LogP contribution in [0, 0.1) is 0 Å². The largest absolute Gasteiger partial charge is 0.481 e. The van der Waals surface area contributed by atoms with Crippen molar-refractivity contribution >= 4 is 35.6 Å². The minimum Gasteiger partial charge on any atom is -0.481 e. The van der Waals surface area contributed by atoms with Gasteiger partial charge in [-0.3, -0.25) is 19.2 Å². The highest BCUT2D eigenvalue weighted by Crippen LogP contribution is 1.97. The molecule has 0 aliphatic heterocycles. The highest BCUT2D eigenvalue weighted by molar-refractivity contribution is 7.98. The van der Waals surface area contributed by atoms with Crippen molar-refractivity contribution in [2.75, 3.05) is 18.6 Å². The Balaban J connectivity index is -0.000000143. The zero-order valence-electron chi connectivity index (χ0n) is 16.4. The highest BCUT2D eigenvalue weighted by atomic mass is 32.2. The summed E-state index contributed by atoms with van der Waals surface area (Å²) >= 11 is 1.60. The van der Waals surface area contributed by atoms with Crippen molar-refractivity contribution in [1.82, 2.24) is 0 Å². The van der Waals surface area contributed by atoms with E-state index in [-0.39, 0.29) is 0 Å². The minimum absolute atomic E-state index is 0.464. The van der Waals surface area contributed by atoms with Crippen molar-refractivity contribution in [3.8, 4) is 0 Å².